The van der Waals surface area contributed by atoms with Crippen molar-refractivity contribution in [3.05, 3.63) is 0 Å². The van der Waals surface area contributed by atoms with Crippen LogP contribution in [0.3, 0.4) is 0 Å². The molecule has 1 saturated carbocycles. The Balaban J connectivity index is 2.49. The van der Waals surface area contributed by atoms with E-state index in [1.54, 1.807) is 13.8 Å². The Morgan fingerprint density at radius 3 is 2.14 bits per heavy atom. The number of ether oxygens (including phenoxy) is 2. The minimum atomic E-state index is -1.58. The van der Waals surface area contributed by atoms with Crippen LogP contribution in [0.15, 0.2) is 0 Å². The first kappa shape index (κ1) is 15.8. The Bertz CT molecular complexity index is 429. The van der Waals surface area contributed by atoms with E-state index in [0.29, 0.717) is 6.54 Å². The zero-order valence-corrected chi connectivity index (χ0v) is 12.9. The number of rotatable bonds is 4. The number of amides is 1. The lowest BCUT2D eigenvalue weighted by molar-refractivity contribution is -0.179. The van der Waals surface area contributed by atoms with Gasteiger partial charge in [-0.1, -0.05) is 6.42 Å². The van der Waals surface area contributed by atoms with Gasteiger partial charge in [0.1, 0.15) is 0 Å². The summed E-state index contributed by atoms with van der Waals surface area (Å²) in [5.41, 5.74) is -1.58. The summed E-state index contributed by atoms with van der Waals surface area (Å²) >= 11 is 0. The molecule has 1 aliphatic carbocycles. The number of carbonyl (C=O) groups is 3. The molecule has 1 aliphatic heterocycles. The summed E-state index contributed by atoms with van der Waals surface area (Å²) in [6.07, 6.45) is 2.63. The zero-order valence-electron chi connectivity index (χ0n) is 12.9. The Morgan fingerprint density at radius 1 is 1.10 bits per heavy atom. The van der Waals surface area contributed by atoms with Gasteiger partial charge in [-0.25, -0.2) is 9.59 Å². The molecule has 1 amide bonds. The molecular weight excluding hydrogens is 274 g/mol. The lowest BCUT2D eigenvalue weighted by atomic mass is 9.81. The van der Waals surface area contributed by atoms with Gasteiger partial charge in [-0.05, 0) is 32.6 Å². The molecule has 2 rings (SSSR count). The Hall–Kier alpha value is -1.59. The van der Waals surface area contributed by atoms with Gasteiger partial charge in [0.25, 0.3) is 0 Å². The van der Waals surface area contributed by atoms with E-state index >= 15 is 0 Å². The first-order chi connectivity index (χ1) is 9.99. The Morgan fingerprint density at radius 2 is 1.67 bits per heavy atom. The van der Waals surface area contributed by atoms with Crippen LogP contribution in [0.25, 0.3) is 0 Å². The fraction of sp³-hybridized carbons (Fsp3) is 0.800. The minimum absolute atomic E-state index is 0.169. The van der Waals surface area contributed by atoms with Gasteiger partial charge in [-0.2, -0.15) is 0 Å². The molecule has 2 aliphatic rings. The molecular formula is C15H23NO5. The van der Waals surface area contributed by atoms with Gasteiger partial charge < -0.3 is 14.4 Å². The average Bonchev–Trinajstić information content (AvgIpc) is 2.98. The molecule has 6 heteroatoms. The van der Waals surface area contributed by atoms with E-state index in [0.717, 1.165) is 19.3 Å². The second-order valence-corrected chi connectivity index (χ2v) is 5.63. The van der Waals surface area contributed by atoms with Crippen LogP contribution < -0.4 is 0 Å². The molecule has 0 radical (unpaired) electrons. The first-order valence-corrected chi connectivity index (χ1v) is 7.62. The summed E-state index contributed by atoms with van der Waals surface area (Å²) in [5.74, 6) is -1.60. The zero-order chi connectivity index (χ0) is 15.6. The van der Waals surface area contributed by atoms with Gasteiger partial charge in [-0.3, -0.25) is 4.79 Å². The predicted octanol–water partition coefficient (Wildman–Crippen LogP) is 1.13. The van der Waals surface area contributed by atoms with Crippen molar-refractivity contribution in [3.8, 4) is 0 Å². The van der Waals surface area contributed by atoms with Crippen LogP contribution in [-0.2, 0) is 23.9 Å². The lowest BCUT2D eigenvalue weighted by Gasteiger charge is -2.36. The minimum Gasteiger partial charge on any atom is -0.464 e. The maximum atomic E-state index is 12.6. The van der Waals surface area contributed by atoms with E-state index < -0.39 is 17.5 Å². The molecule has 1 saturated heterocycles. The highest BCUT2D eigenvalue weighted by molar-refractivity contribution is 6.08. The molecule has 0 spiro atoms. The van der Waals surface area contributed by atoms with Gasteiger partial charge in [0.15, 0.2) is 0 Å². The summed E-state index contributed by atoms with van der Waals surface area (Å²) in [5, 5.41) is 0. The quantitative estimate of drug-likeness (QED) is 0.574. The summed E-state index contributed by atoms with van der Waals surface area (Å²) < 4.78 is 10.3. The third kappa shape index (κ3) is 2.30. The van der Waals surface area contributed by atoms with Crippen molar-refractivity contribution in [2.45, 2.75) is 45.6 Å². The largest absolute Gasteiger partial charge is 0.464 e. The predicted molar refractivity (Wildman–Crippen MR) is 74.2 cm³/mol. The van der Waals surface area contributed by atoms with E-state index in [9.17, 15) is 14.4 Å². The molecule has 0 bridgehead atoms. The molecule has 21 heavy (non-hydrogen) atoms. The SMILES string of the molecule is CCOC(=O)C1(C(=O)OCC)C2CCCC2CN1C(C)=O. The van der Waals surface area contributed by atoms with Crippen molar-refractivity contribution in [1.29, 1.82) is 0 Å². The van der Waals surface area contributed by atoms with Crippen molar-refractivity contribution in [1.82, 2.24) is 4.90 Å². The number of likely N-dealkylation sites (tertiary alicyclic amines) is 1. The van der Waals surface area contributed by atoms with Crippen LogP contribution in [0.1, 0.15) is 40.0 Å². The molecule has 2 unspecified atom stereocenters. The maximum Gasteiger partial charge on any atom is 0.344 e. The number of hydrogen-bond acceptors (Lipinski definition) is 5. The molecule has 0 N–H and O–H groups in total. The lowest BCUT2D eigenvalue weighted by Crippen LogP contribution is -2.62. The maximum absolute atomic E-state index is 12.6. The molecule has 0 aromatic carbocycles. The van der Waals surface area contributed by atoms with Gasteiger partial charge >= 0.3 is 11.9 Å². The number of nitrogens with zero attached hydrogens (tertiary/aromatic N) is 1. The van der Waals surface area contributed by atoms with Crippen LogP contribution in [0.5, 0.6) is 0 Å². The molecule has 1 heterocycles. The monoisotopic (exact) mass is 297 g/mol. The van der Waals surface area contributed by atoms with Crippen LogP contribution in [0.2, 0.25) is 0 Å². The summed E-state index contributed by atoms with van der Waals surface area (Å²) in [6, 6.07) is 0. The van der Waals surface area contributed by atoms with E-state index in [2.05, 4.69) is 0 Å². The Labute approximate surface area is 124 Å². The fourth-order valence-electron chi connectivity index (χ4n) is 3.85. The number of fused-ring (bicyclic) bond motifs is 1. The molecule has 2 fully saturated rings. The topological polar surface area (TPSA) is 72.9 Å². The molecule has 0 aromatic heterocycles. The standard InChI is InChI=1S/C15H23NO5/c1-4-20-13(18)15(14(19)21-5-2)12-8-6-7-11(12)9-16(15)10(3)17/h11-12H,4-9H2,1-3H3. The number of hydrogen-bond donors (Lipinski definition) is 0. The van der Waals surface area contributed by atoms with Gasteiger partial charge in [0.2, 0.25) is 11.4 Å². The highest BCUT2D eigenvalue weighted by Gasteiger charge is 2.67. The van der Waals surface area contributed by atoms with Gasteiger partial charge in [-0.15, -0.1) is 0 Å². The second-order valence-electron chi connectivity index (χ2n) is 5.63. The molecule has 2 atom stereocenters. The van der Waals surface area contributed by atoms with E-state index in [-0.39, 0.29) is 31.0 Å². The van der Waals surface area contributed by atoms with E-state index in [1.165, 1.54) is 11.8 Å². The van der Waals surface area contributed by atoms with Gasteiger partial charge in [0.05, 0.1) is 13.2 Å². The third-order valence-corrected chi connectivity index (χ3v) is 4.59. The third-order valence-electron chi connectivity index (χ3n) is 4.59. The first-order valence-electron chi connectivity index (χ1n) is 7.62. The van der Waals surface area contributed by atoms with Crippen molar-refractivity contribution in [3.63, 3.8) is 0 Å². The van der Waals surface area contributed by atoms with Crippen LogP contribution in [-0.4, -0.2) is 48.0 Å². The van der Waals surface area contributed by atoms with Crippen LogP contribution >= 0.6 is 0 Å². The van der Waals surface area contributed by atoms with Crippen molar-refractivity contribution in [2.75, 3.05) is 19.8 Å². The molecule has 6 nitrogen and oxygen atoms in total. The van der Waals surface area contributed by atoms with Crippen LogP contribution in [0.4, 0.5) is 0 Å². The summed E-state index contributed by atoms with van der Waals surface area (Å²) in [7, 11) is 0. The average molecular weight is 297 g/mol. The smallest absolute Gasteiger partial charge is 0.344 e. The number of esters is 2. The van der Waals surface area contributed by atoms with Crippen LogP contribution in [0, 0.1) is 11.8 Å². The fourth-order valence-corrected chi connectivity index (χ4v) is 3.85. The molecule has 118 valence electrons. The molecule has 0 aromatic rings. The second kappa shape index (κ2) is 6.03. The van der Waals surface area contributed by atoms with Crippen molar-refractivity contribution >= 4 is 17.8 Å². The highest BCUT2D eigenvalue weighted by atomic mass is 16.6. The summed E-state index contributed by atoms with van der Waals surface area (Å²) in [4.78, 5) is 38.6. The summed E-state index contributed by atoms with van der Waals surface area (Å²) in [6.45, 7) is 5.53. The van der Waals surface area contributed by atoms with Crippen molar-refractivity contribution in [2.24, 2.45) is 11.8 Å². The Kier molecular flexibility index (Phi) is 4.54. The normalized spacial score (nSPS) is 26.3. The van der Waals surface area contributed by atoms with E-state index in [4.69, 9.17) is 9.47 Å². The van der Waals surface area contributed by atoms with Crippen molar-refractivity contribution < 1.29 is 23.9 Å². The number of carbonyl (C=O) groups excluding carboxylic acids is 3. The highest BCUT2D eigenvalue weighted by Crippen LogP contribution is 2.49. The van der Waals surface area contributed by atoms with E-state index in [1.807, 2.05) is 0 Å². The van der Waals surface area contributed by atoms with Gasteiger partial charge in [0, 0.05) is 19.4 Å².